The summed E-state index contributed by atoms with van der Waals surface area (Å²) in [7, 11) is 0. The molecular formula is C20H21ClN4O. The van der Waals surface area contributed by atoms with Gasteiger partial charge in [0.2, 0.25) is 0 Å². The predicted octanol–water partition coefficient (Wildman–Crippen LogP) is 4.74. The lowest BCUT2D eigenvalue weighted by Gasteiger charge is -2.10. The minimum Gasteiger partial charge on any atom is -0.320 e. The van der Waals surface area contributed by atoms with E-state index in [1.165, 1.54) is 0 Å². The maximum Gasteiger partial charge on any atom is 0.278 e. The third-order valence-corrected chi connectivity index (χ3v) is 4.42. The Balaban J connectivity index is 1.94. The van der Waals surface area contributed by atoms with Crippen LogP contribution in [0.3, 0.4) is 0 Å². The zero-order chi connectivity index (χ0) is 18.7. The van der Waals surface area contributed by atoms with Gasteiger partial charge in [-0.1, -0.05) is 47.9 Å². The lowest BCUT2D eigenvalue weighted by atomic mass is 10.1. The van der Waals surface area contributed by atoms with Crippen molar-refractivity contribution in [2.45, 2.75) is 33.6 Å². The summed E-state index contributed by atoms with van der Waals surface area (Å²) in [6.07, 6.45) is 1.58. The number of carbonyl (C=O) groups is 1. The van der Waals surface area contributed by atoms with E-state index in [0.717, 1.165) is 34.6 Å². The molecule has 2 aromatic carbocycles. The molecule has 0 spiro atoms. The van der Waals surface area contributed by atoms with Crippen molar-refractivity contribution in [2.75, 3.05) is 5.32 Å². The number of rotatable bonds is 5. The molecule has 0 aliphatic rings. The summed E-state index contributed by atoms with van der Waals surface area (Å²) in [5.41, 5.74) is 4.92. The molecular weight excluding hydrogens is 348 g/mol. The molecule has 1 aromatic heterocycles. The van der Waals surface area contributed by atoms with Crippen molar-refractivity contribution in [1.82, 2.24) is 15.0 Å². The van der Waals surface area contributed by atoms with E-state index in [0.29, 0.717) is 17.1 Å². The van der Waals surface area contributed by atoms with Crippen molar-refractivity contribution in [2.24, 2.45) is 0 Å². The van der Waals surface area contributed by atoms with Crippen LogP contribution in [-0.4, -0.2) is 20.9 Å². The van der Waals surface area contributed by atoms with Crippen LogP contribution in [0.2, 0.25) is 5.02 Å². The summed E-state index contributed by atoms with van der Waals surface area (Å²) in [6.45, 7) is 6.06. The number of aromatic nitrogens is 3. The maximum atomic E-state index is 12.8. The van der Waals surface area contributed by atoms with E-state index in [1.54, 1.807) is 16.8 Å². The monoisotopic (exact) mass is 368 g/mol. The molecule has 3 aromatic rings. The molecule has 0 saturated heterocycles. The highest BCUT2D eigenvalue weighted by Crippen LogP contribution is 2.20. The van der Waals surface area contributed by atoms with Gasteiger partial charge in [-0.15, -0.1) is 5.10 Å². The molecule has 26 heavy (non-hydrogen) atoms. The van der Waals surface area contributed by atoms with Crippen LogP contribution in [0.15, 0.2) is 42.5 Å². The summed E-state index contributed by atoms with van der Waals surface area (Å²) in [4.78, 5) is 12.8. The number of carbonyl (C=O) groups excluding carboxylic acids is 1. The largest absolute Gasteiger partial charge is 0.320 e. The third-order valence-electron chi connectivity index (χ3n) is 4.17. The summed E-state index contributed by atoms with van der Waals surface area (Å²) in [6, 6.07) is 13.2. The van der Waals surface area contributed by atoms with Crippen molar-refractivity contribution in [1.29, 1.82) is 0 Å². The molecule has 134 valence electrons. The molecule has 0 saturated carbocycles. The van der Waals surface area contributed by atoms with Crippen LogP contribution < -0.4 is 5.32 Å². The Morgan fingerprint density at radius 1 is 1.15 bits per heavy atom. The number of nitrogens with zero attached hydrogens (tertiary/aromatic N) is 3. The second-order valence-corrected chi connectivity index (χ2v) is 6.73. The number of halogens is 1. The fourth-order valence-corrected chi connectivity index (χ4v) is 2.99. The van der Waals surface area contributed by atoms with Gasteiger partial charge in [0, 0.05) is 10.7 Å². The minimum atomic E-state index is -0.249. The molecule has 1 amide bonds. The van der Waals surface area contributed by atoms with Gasteiger partial charge in [-0.2, -0.15) is 0 Å². The molecule has 6 heteroatoms. The van der Waals surface area contributed by atoms with Gasteiger partial charge in [-0.05, 0) is 56.2 Å². The fraction of sp³-hybridized carbons (Fsp3) is 0.250. The Hall–Kier alpha value is -2.66. The molecule has 0 bridgehead atoms. The molecule has 0 aliphatic heterocycles. The predicted molar refractivity (Wildman–Crippen MR) is 104 cm³/mol. The van der Waals surface area contributed by atoms with Crippen LogP contribution in [0.1, 0.15) is 40.7 Å². The van der Waals surface area contributed by atoms with Gasteiger partial charge in [0.15, 0.2) is 5.69 Å². The van der Waals surface area contributed by atoms with Crippen molar-refractivity contribution in [3.63, 3.8) is 0 Å². The van der Waals surface area contributed by atoms with Crippen molar-refractivity contribution in [3.8, 4) is 5.69 Å². The Morgan fingerprint density at radius 3 is 2.54 bits per heavy atom. The maximum absolute atomic E-state index is 12.8. The second-order valence-electron chi connectivity index (χ2n) is 6.30. The molecule has 0 atom stereocenters. The first-order valence-corrected chi connectivity index (χ1v) is 8.96. The number of hydrogen-bond acceptors (Lipinski definition) is 3. The molecule has 0 unspecified atom stereocenters. The van der Waals surface area contributed by atoms with Crippen molar-refractivity contribution in [3.05, 3.63) is 70.0 Å². The molecule has 5 nitrogen and oxygen atoms in total. The Labute approximate surface area is 158 Å². The van der Waals surface area contributed by atoms with Gasteiger partial charge in [0.1, 0.15) is 0 Å². The van der Waals surface area contributed by atoms with Gasteiger partial charge < -0.3 is 5.32 Å². The van der Waals surface area contributed by atoms with Gasteiger partial charge >= 0.3 is 0 Å². The first-order valence-electron chi connectivity index (χ1n) is 8.58. The average Bonchev–Trinajstić information content (AvgIpc) is 3.02. The zero-order valence-electron chi connectivity index (χ0n) is 15.1. The number of benzene rings is 2. The first-order chi connectivity index (χ1) is 12.5. The lowest BCUT2D eigenvalue weighted by Crippen LogP contribution is -2.16. The van der Waals surface area contributed by atoms with Gasteiger partial charge in [-0.25, -0.2) is 4.68 Å². The fourth-order valence-electron chi connectivity index (χ4n) is 2.86. The standard InChI is InChI=1S/C20H21ClN4O/c1-4-5-18-19(20(26)22-17-11-6-13(2)12-14(17)3)23-24-25(18)16-9-7-15(21)8-10-16/h6-12H,4-5H2,1-3H3,(H,22,26). The third kappa shape index (κ3) is 3.78. The summed E-state index contributed by atoms with van der Waals surface area (Å²) in [5, 5.41) is 11.9. The second kappa shape index (κ2) is 7.70. The van der Waals surface area contributed by atoms with E-state index in [9.17, 15) is 4.79 Å². The van der Waals surface area contributed by atoms with E-state index >= 15 is 0 Å². The quantitative estimate of drug-likeness (QED) is 0.707. The van der Waals surface area contributed by atoms with Gasteiger partial charge in [0.25, 0.3) is 5.91 Å². The highest BCUT2D eigenvalue weighted by Gasteiger charge is 2.20. The Morgan fingerprint density at radius 2 is 1.88 bits per heavy atom. The number of nitrogens with one attached hydrogen (secondary N) is 1. The Kier molecular flexibility index (Phi) is 5.38. The van der Waals surface area contributed by atoms with E-state index in [4.69, 9.17) is 11.6 Å². The average molecular weight is 369 g/mol. The van der Waals surface area contributed by atoms with E-state index in [-0.39, 0.29) is 5.91 Å². The van der Waals surface area contributed by atoms with Gasteiger partial charge in [0.05, 0.1) is 11.4 Å². The number of aryl methyl sites for hydroxylation is 2. The molecule has 1 N–H and O–H groups in total. The van der Waals surface area contributed by atoms with Gasteiger partial charge in [-0.3, -0.25) is 4.79 Å². The highest BCUT2D eigenvalue weighted by atomic mass is 35.5. The number of hydrogen-bond donors (Lipinski definition) is 1. The number of anilines is 1. The normalized spacial score (nSPS) is 10.8. The van der Waals surface area contributed by atoms with Crippen molar-refractivity contribution < 1.29 is 4.79 Å². The molecule has 0 radical (unpaired) electrons. The topological polar surface area (TPSA) is 59.8 Å². The smallest absolute Gasteiger partial charge is 0.278 e. The van der Waals surface area contributed by atoms with E-state index in [2.05, 4.69) is 22.6 Å². The lowest BCUT2D eigenvalue weighted by molar-refractivity contribution is 0.102. The van der Waals surface area contributed by atoms with E-state index in [1.807, 2.05) is 44.2 Å². The van der Waals surface area contributed by atoms with Crippen LogP contribution in [0.5, 0.6) is 0 Å². The first kappa shape index (κ1) is 18.1. The molecule has 0 fully saturated rings. The summed E-state index contributed by atoms with van der Waals surface area (Å²) >= 11 is 5.96. The van der Waals surface area contributed by atoms with E-state index < -0.39 is 0 Å². The van der Waals surface area contributed by atoms with Crippen LogP contribution in [0.4, 0.5) is 5.69 Å². The SMILES string of the molecule is CCCc1c(C(=O)Nc2ccc(C)cc2C)nnn1-c1ccc(Cl)cc1. The summed E-state index contributed by atoms with van der Waals surface area (Å²) in [5.74, 6) is -0.249. The van der Waals surface area contributed by atoms with Crippen LogP contribution in [0.25, 0.3) is 5.69 Å². The molecule has 3 rings (SSSR count). The van der Waals surface area contributed by atoms with Crippen LogP contribution in [0, 0.1) is 13.8 Å². The highest BCUT2D eigenvalue weighted by molar-refractivity contribution is 6.30. The minimum absolute atomic E-state index is 0.249. The zero-order valence-corrected chi connectivity index (χ0v) is 15.8. The molecule has 0 aliphatic carbocycles. The number of amides is 1. The van der Waals surface area contributed by atoms with Crippen LogP contribution >= 0.6 is 11.6 Å². The summed E-state index contributed by atoms with van der Waals surface area (Å²) < 4.78 is 1.71. The Bertz CT molecular complexity index is 931. The molecule has 1 heterocycles. The van der Waals surface area contributed by atoms with Crippen molar-refractivity contribution >= 4 is 23.2 Å². The van der Waals surface area contributed by atoms with Crippen LogP contribution in [-0.2, 0) is 6.42 Å².